The monoisotopic (exact) mass is 509 g/mol. The quantitative estimate of drug-likeness (QED) is 0.350. The number of thiazole rings is 1. The maximum absolute atomic E-state index is 15.4. The Labute approximate surface area is 215 Å². The lowest BCUT2D eigenvalue weighted by Gasteiger charge is -2.38. The molecule has 2 aromatic heterocycles. The van der Waals surface area contributed by atoms with Gasteiger partial charge in [0.15, 0.2) is 10.9 Å². The van der Waals surface area contributed by atoms with Crippen LogP contribution in [0.4, 0.5) is 9.52 Å². The third kappa shape index (κ3) is 3.74. The van der Waals surface area contributed by atoms with E-state index in [-0.39, 0.29) is 28.5 Å². The van der Waals surface area contributed by atoms with Gasteiger partial charge in [-0.15, -0.1) is 11.3 Å². The highest BCUT2D eigenvalue weighted by Crippen LogP contribution is 2.47. The van der Waals surface area contributed by atoms with Crippen LogP contribution in [0.15, 0.2) is 82.6 Å². The number of pyridine rings is 1. The van der Waals surface area contributed by atoms with E-state index in [1.807, 2.05) is 17.5 Å². The van der Waals surface area contributed by atoms with E-state index in [4.69, 9.17) is 10.7 Å². The van der Waals surface area contributed by atoms with Crippen LogP contribution < -0.4 is 10.6 Å². The van der Waals surface area contributed by atoms with Crippen molar-refractivity contribution in [1.82, 2.24) is 9.97 Å². The highest BCUT2D eigenvalue weighted by atomic mass is 32.1. The lowest BCUT2D eigenvalue weighted by Crippen LogP contribution is -2.39. The molecular weight excluding hydrogens is 489 g/mol. The van der Waals surface area contributed by atoms with Gasteiger partial charge >= 0.3 is 0 Å². The lowest BCUT2D eigenvalue weighted by molar-refractivity contribution is -0.116. The number of halogens is 1. The number of nitriles is 1. The standard InChI is InChI=1S/C28H20FN5O2S/c29-26-18(12-16-4-1-2-5-20(16)32-26)24-19(13-30)27(31)34(22-6-3-7-23(36)25(22)24)28-33-21(14-37-28)15-8-10-17(35)11-9-15/h1-2,4-5,8-12,14,24,35H,3,6-7,31H2. The first-order valence-electron chi connectivity index (χ1n) is 11.7. The SMILES string of the molecule is N#CC1=C(N)N(c2nc(-c3ccc(O)cc3)cs2)C2=C(C(=O)CCC2)C1c1cc2ccccc2nc1F. The van der Waals surface area contributed by atoms with Gasteiger partial charge < -0.3 is 10.8 Å². The second-order valence-electron chi connectivity index (χ2n) is 8.94. The summed E-state index contributed by atoms with van der Waals surface area (Å²) in [5.41, 5.74) is 9.82. The third-order valence-electron chi connectivity index (χ3n) is 6.78. The van der Waals surface area contributed by atoms with Crippen molar-refractivity contribution in [2.45, 2.75) is 25.2 Å². The number of hydrogen-bond donors (Lipinski definition) is 2. The van der Waals surface area contributed by atoms with Gasteiger partial charge in [0.05, 0.1) is 28.8 Å². The minimum atomic E-state index is -0.947. The first-order valence-corrected chi connectivity index (χ1v) is 12.6. The number of Topliss-reactive ketones (excluding diaryl/α,β-unsaturated/α-hetero) is 1. The third-order valence-corrected chi connectivity index (χ3v) is 7.60. The zero-order chi connectivity index (χ0) is 25.7. The van der Waals surface area contributed by atoms with E-state index >= 15 is 4.39 Å². The Morgan fingerprint density at radius 3 is 2.70 bits per heavy atom. The normalized spacial score (nSPS) is 17.8. The molecule has 4 aromatic rings. The summed E-state index contributed by atoms with van der Waals surface area (Å²) in [6.45, 7) is 0. The molecule has 0 saturated heterocycles. The van der Waals surface area contributed by atoms with Crippen molar-refractivity contribution in [3.8, 4) is 23.1 Å². The van der Waals surface area contributed by atoms with Gasteiger partial charge in [-0.05, 0) is 49.2 Å². The van der Waals surface area contributed by atoms with Gasteiger partial charge in [0.2, 0.25) is 5.95 Å². The van der Waals surface area contributed by atoms with Gasteiger partial charge in [0.25, 0.3) is 0 Å². The number of ketones is 1. The first kappa shape index (κ1) is 22.9. The van der Waals surface area contributed by atoms with Crippen molar-refractivity contribution < 1.29 is 14.3 Å². The topological polar surface area (TPSA) is 116 Å². The number of allylic oxidation sites excluding steroid dienone is 3. The Bertz CT molecular complexity index is 1680. The molecule has 9 heteroatoms. The highest BCUT2D eigenvalue weighted by molar-refractivity contribution is 7.14. The Kier molecular flexibility index (Phi) is 5.46. The van der Waals surface area contributed by atoms with Crippen LogP contribution in [-0.2, 0) is 4.79 Å². The molecule has 0 spiro atoms. The van der Waals surface area contributed by atoms with E-state index in [9.17, 15) is 15.2 Å². The van der Waals surface area contributed by atoms with Crippen LogP contribution in [0.5, 0.6) is 5.75 Å². The fourth-order valence-electron chi connectivity index (χ4n) is 5.06. The van der Waals surface area contributed by atoms with Gasteiger partial charge in [-0.3, -0.25) is 9.69 Å². The van der Waals surface area contributed by atoms with Crippen LogP contribution in [0.25, 0.3) is 22.2 Å². The molecule has 0 fully saturated rings. The molecule has 6 rings (SSSR count). The van der Waals surface area contributed by atoms with E-state index in [1.165, 1.54) is 11.3 Å². The molecule has 37 heavy (non-hydrogen) atoms. The van der Waals surface area contributed by atoms with Crippen molar-refractivity contribution >= 4 is 33.2 Å². The van der Waals surface area contributed by atoms with Crippen molar-refractivity contribution in [3.63, 3.8) is 0 Å². The summed E-state index contributed by atoms with van der Waals surface area (Å²) in [5, 5.41) is 22.9. The van der Waals surface area contributed by atoms with Crippen LogP contribution >= 0.6 is 11.3 Å². The molecular formula is C28H20FN5O2S. The summed E-state index contributed by atoms with van der Waals surface area (Å²) in [4.78, 5) is 23.9. The predicted molar refractivity (Wildman–Crippen MR) is 139 cm³/mol. The van der Waals surface area contributed by atoms with Crippen LogP contribution in [0.2, 0.25) is 0 Å². The largest absolute Gasteiger partial charge is 0.508 e. The number of phenols is 1. The fraction of sp³-hybridized carbons (Fsp3) is 0.143. The summed E-state index contributed by atoms with van der Waals surface area (Å²) < 4.78 is 15.4. The molecule has 1 aliphatic heterocycles. The van der Waals surface area contributed by atoms with Crippen molar-refractivity contribution in [1.29, 1.82) is 5.26 Å². The van der Waals surface area contributed by atoms with Gasteiger partial charge in [-0.1, -0.05) is 18.2 Å². The number of benzene rings is 2. The van der Waals surface area contributed by atoms with Gasteiger partial charge in [0.1, 0.15) is 11.6 Å². The Balaban J connectivity index is 1.53. The zero-order valence-corrected chi connectivity index (χ0v) is 20.3. The van der Waals surface area contributed by atoms with E-state index in [0.717, 1.165) is 5.56 Å². The number of rotatable bonds is 3. The number of anilines is 1. The van der Waals surface area contributed by atoms with E-state index in [2.05, 4.69) is 11.1 Å². The number of carbonyl (C=O) groups is 1. The molecule has 1 aliphatic carbocycles. The number of carbonyl (C=O) groups excluding carboxylic acids is 1. The summed E-state index contributed by atoms with van der Waals surface area (Å²) in [7, 11) is 0. The van der Waals surface area contributed by atoms with Crippen molar-refractivity contribution in [3.05, 3.63) is 94.2 Å². The van der Waals surface area contributed by atoms with Crippen LogP contribution in [0.3, 0.4) is 0 Å². The average Bonchev–Trinajstić information content (AvgIpc) is 3.38. The Morgan fingerprint density at radius 1 is 1.14 bits per heavy atom. The molecule has 0 saturated carbocycles. The number of para-hydroxylation sites is 1. The number of phenolic OH excluding ortho intramolecular Hbond substituents is 1. The number of nitrogens with zero attached hydrogens (tertiary/aromatic N) is 4. The molecule has 0 amide bonds. The van der Waals surface area contributed by atoms with Gasteiger partial charge in [-0.2, -0.15) is 9.65 Å². The van der Waals surface area contributed by atoms with E-state index in [1.54, 1.807) is 47.4 Å². The summed E-state index contributed by atoms with van der Waals surface area (Å²) in [5.74, 6) is -1.54. The predicted octanol–water partition coefficient (Wildman–Crippen LogP) is 5.51. The molecule has 0 radical (unpaired) electrons. The Hall–Kier alpha value is -4.55. The van der Waals surface area contributed by atoms with Crippen molar-refractivity contribution in [2.24, 2.45) is 5.73 Å². The molecule has 3 heterocycles. The Morgan fingerprint density at radius 2 is 1.92 bits per heavy atom. The first-order chi connectivity index (χ1) is 18.0. The van der Waals surface area contributed by atoms with E-state index in [0.29, 0.717) is 52.3 Å². The second-order valence-corrected chi connectivity index (χ2v) is 9.78. The number of aromatic hydroxyl groups is 1. The minimum absolute atomic E-state index is 0.0892. The second kappa shape index (κ2) is 8.84. The smallest absolute Gasteiger partial charge is 0.217 e. The highest BCUT2D eigenvalue weighted by Gasteiger charge is 2.42. The number of nitrogens with two attached hydrogens (primary N) is 1. The minimum Gasteiger partial charge on any atom is -0.508 e. The van der Waals surface area contributed by atoms with Crippen molar-refractivity contribution in [2.75, 3.05) is 4.90 Å². The summed E-state index contributed by atoms with van der Waals surface area (Å²) in [6.07, 6.45) is 1.46. The summed E-state index contributed by atoms with van der Waals surface area (Å²) >= 11 is 1.33. The van der Waals surface area contributed by atoms with Crippen LogP contribution in [-0.4, -0.2) is 20.9 Å². The lowest BCUT2D eigenvalue weighted by atomic mass is 9.76. The molecule has 1 atom stereocenters. The van der Waals surface area contributed by atoms with Crippen LogP contribution in [0, 0.1) is 17.3 Å². The van der Waals surface area contributed by atoms with E-state index < -0.39 is 11.9 Å². The molecule has 1 unspecified atom stereocenters. The number of aromatic nitrogens is 2. The van der Waals surface area contributed by atoms with Gasteiger partial charge in [0, 0.05) is 39.6 Å². The van der Waals surface area contributed by atoms with Crippen LogP contribution in [0.1, 0.15) is 30.7 Å². The van der Waals surface area contributed by atoms with Gasteiger partial charge in [-0.25, -0.2) is 9.97 Å². The maximum Gasteiger partial charge on any atom is 0.217 e. The molecule has 2 aliphatic rings. The molecule has 2 aromatic carbocycles. The number of fused-ring (bicyclic) bond motifs is 1. The average molecular weight is 510 g/mol. The fourth-order valence-corrected chi connectivity index (χ4v) is 5.93. The number of hydrogen-bond acceptors (Lipinski definition) is 8. The maximum atomic E-state index is 15.4. The summed E-state index contributed by atoms with van der Waals surface area (Å²) in [6, 6.07) is 17.6. The zero-order valence-electron chi connectivity index (χ0n) is 19.5. The molecule has 7 nitrogen and oxygen atoms in total. The molecule has 3 N–H and O–H groups in total. The molecule has 182 valence electrons. The molecule has 0 bridgehead atoms.